The minimum Gasteiger partial charge on any atom is -0.445 e. The molecule has 2 heterocycles. The molecule has 2 amide bonds. The van der Waals surface area contributed by atoms with Gasteiger partial charge in [0.25, 0.3) is 5.91 Å². The highest BCUT2D eigenvalue weighted by Crippen LogP contribution is 2.31. The fourth-order valence-electron chi connectivity index (χ4n) is 3.43. The van der Waals surface area contributed by atoms with Gasteiger partial charge in [-0.1, -0.05) is 48.5 Å². The highest BCUT2D eigenvalue weighted by molar-refractivity contribution is 7.13. The number of likely N-dealkylation sites (tertiary alicyclic amines) is 1. The molecule has 0 radical (unpaired) electrons. The van der Waals surface area contributed by atoms with Gasteiger partial charge in [0.1, 0.15) is 12.6 Å². The van der Waals surface area contributed by atoms with Gasteiger partial charge in [-0.15, -0.1) is 11.3 Å². The Morgan fingerprint density at radius 1 is 1.10 bits per heavy atom. The van der Waals surface area contributed by atoms with Crippen molar-refractivity contribution < 1.29 is 14.3 Å². The fraction of sp³-hybridized carbons (Fsp3) is 0.227. The van der Waals surface area contributed by atoms with Crippen LogP contribution in [0, 0.1) is 0 Å². The summed E-state index contributed by atoms with van der Waals surface area (Å²) in [5, 5.41) is 2.42. The third kappa shape index (κ3) is 4.30. The Morgan fingerprint density at radius 2 is 1.83 bits per heavy atom. The lowest BCUT2D eigenvalue weighted by Crippen LogP contribution is -2.46. The van der Waals surface area contributed by atoms with Crippen LogP contribution in [0.2, 0.25) is 0 Å². The van der Waals surface area contributed by atoms with Crippen molar-refractivity contribution in [2.75, 3.05) is 11.4 Å². The number of carbonyl (C=O) groups is 2. The standard InChI is InChI=1S/C22H21N3O3S/c26-20(25(21-23-13-15-29-21)18-10-5-2-6-11-18)19-12-7-14-24(19)22(27)28-16-17-8-3-1-4-9-17/h1-6,8-11,13,15,19H,7,12,14,16H2. The van der Waals surface area contributed by atoms with Crippen LogP contribution in [0.5, 0.6) is 0 Å². The zero-order chi connectivity index (χ0) is 20.1. The van der Waals surface area contributed by atoms with Crippen LogP contribution in [0.15, 0.2) is 72.2 Å². The van der Waals surface area contributed by atoms with Gasteiger partial charge in [0, 0.05) is 18.1 Å². The van der Waals surface area contributed by atoms with Crippen molar-refractivity contribution in [2.45, 2.75) is 25.5 Å². The Morgan fingerprint density at radius 3 is 2.52 bits per heavy atom. The maximum Gasteiger partial charge on any atom is 0.410 e. The summed E-state index contributed by atoms with van der Waals surface area (Å²) in [5.74, 6) is -0.166. The van der Waals surface area contributed by atoms with Crippen molar-refractivity contribution in [3.8, 4) is 0 Å². The van der Waals surface area contributed by atoms with E-state index >= 15 is 0 Å². The Bertz CT molecular complexity index is 948. The maximum atomic E-state index is 13.5. The summed E-state index contributed by atoms with van der Waals surface area (Å²) in [5.41, 5.74) is 1.65. The minimum absolute atomic E-state index is 0.166. The van der Waals surface area contributed by atoms with Crippen LogP contribution in [-0.4, -0.2) is 34.5 Å². The van der Waals surface area contributed by atoms with Gasteiger partial charge in [-0.25, -0.2) is 9.78 Å². The average molecular weight is 407 g/mol. The number of benzene rings is 2. The van der Waals surface area contributed by atoms with Crippen molar-refractivity contribution in [2.24, 2.45) is 0 Å². The summed E-state index contributed by atoms with van der Waals surface area (Å²) in [6.07, 6.45) is 2.58. The number of ether oxygens (including phenoxy) is 1. The Balaban J connectivity index is 1.52. The number of para-hydroxylation sites is 1. The van der Waals surface area contributed by atoms with Gasteiger partial charge in [0.05, 0.1) is 5.69 Å². The number of amides is 2. The third-order valence-corrected chi connectivity index (χ3v) is 5.58. The molecule has 1 aliphatic rings. The summed E-state index contributed by atoms with van der Waals surface area (Å²) in [7, 11) is 0. The minimum atomic E-state index is -0.567. The second kappa shape index (κ2) is 8.87. The van der Waals surface area contributed by atoms with Crippen LogP contribution < -0.4 is 4.90 Å². The highest BCUT2D eigenvalue weighted by Gasteiger charge is 2.39. The molecule has 6 nitrogen and oxygen atoms in total. The van der Waals surface area contributed by atoms with Crippen molar-refractivity contribution in [1.82, 2.24) is 9.88 Å². The number of rotatable bonds is 5. The van der Waals surface area contributed by atoms with Crippen LogP contribution in [0.4, 0.5) is 15.6 Å². The van der Waals surface area contributed by atoms with E-state index in [1.807, 2.05) is 66.0 Å². The lowest BCUT2D eigenvalue weighted by Gasteiger charge is -2.28. The van der Waals surface area contributed by atoms with Crippen molar-refractivity contribution in [1.29, 1.82) is 0 Å². The van der Waals surface area contributed by atoms with Crippen molar-refractivity contribution >= 4 is 34.2 Å². The molecule has 0 bridgehead atoms. The van der Waals surface area contributed by atoms with E-state index < -0.39 is 12.1 Å². The van der Waals surface area contributed by atoms with Crippen LogP contribution in [0.25, 0.3) is 0 Å². The first-order valence-corrected chi connectivity index (χ1v) is 10.4. The Hall–Kier alpha value is -3.19. The lowest BCUT2D eigenvalue weighted by atomic mass is 10.2. The molecule has 148 valence electrons. The van der Waals surface area contributed by atoms with E-state index in [0.29, 0.717) is 18.1 Å². The van der Waals surface area contributed by atoms with Crippen LogP contribution in [0.1, 0.15) is 18.4 Å². The SMILES string of the molecule is O=C(C1CCCN1C(=O)OCc1ccccc1)N(c1ccccc1)c1nccs1. The van der Waals surface area contributed by atoms with Gasteiger partial charge in [-0.2, -0.15) is 0 Å². The molecule has 2 aromatic carbocycles. The first-order chi connectivity index (χ1) is 14.2. The second-order valence-corrected chi connectivity index (χ2v) is 7.59. The summed E-state index contributed by atoms with van der Waals surface area (Å²) in [6.45, 7) is 0.691. The first-order valence-electron chi connectivity index (χ1n) is 9.50. The third-order valence-electron chi connectivity index (χ3n) is 4.82. The molecule has 0 aliphatic carbocycles. The van der Waals surface area contributed by atoms with E-state index in [1.165, 1.54) is 16.2 Å². The van der Waals surface area contributed by atoms with Gasteiger partial charge < -0.3 is 4.74 Å². The highest BCUT2D eigenvalue weighted by atomic mass is 32.1. The normalized spacial score (nSPS) is 15.9. The molecule has 0 N–H and O–H groups in total. The number of hydrogen-bond donors (Lipinski definition) is 0. The number of carbonyl (C=O) groups excluding carboxylic acids is 2. The lowest BCUT2D eigenvalue weighted by molar-refractivity contribution is -0.121. The zero-order valence-corrected chi connectivity index (χ0v) is 16.6. The van der Waals surface area contributed by atoms with E-state index in [-0.39, 0.29) is 12.5 Å². The van der Waals surface area contributed by atoms with Gasteiger partial charge in [-0.3, -0.25) is 14.6 Å². The predicted molar refractivity (Wildman–Crippen MR) is 112 cm³/mol. The van der Waals surface area contributed by atoms with Gasteiger partial charge in [0.2, 0.25) is 0 Å². The van der Waals surface area contributed by atoms with Crippen molar-refractivity contribution in [3.05, 3.63) is 77.8 Å². The molecule has 4 rings (SSSR count). The topological polar surface area (TPSA) is 62.7 Å². The molecular weight excluding hydrogens is 386 g/mol. The van der Waals surface area contributed by atoms with E-state index in [0.717, 1.165) is 17.7 Å². The molecule has 1 unspecified atom stereocenters. The molecule has 0 spiro atoms. The first kappa shape index (κ1) is 19.1. The maximum absolute atomic E-state index is 13.5. The molecule has 1 saturated heterocycles. The van der Waals surface area contributed by atoms with Gasteiger partial charge in [-0.05, 0) is 30.5 Å². The summed E-state index contributed by atoms with van der Waals surface area (Å²) in [4.78, 5) is 33.6. The summed E-state index contributed by atoms with van der Waals surface area (Å²) >= 11 is 1.39. The number of aromatic nitrogens is 1. The van der Waals surface area contributed by atoms with Crippen molar-refractivity contribution in [3.63, 3.8) is 0 Å². The average Bonchev–Trinajstić information content (AvgIpc) is 3.46. The number of anilines is 2. The van der Waals surface area contributed by atoms with Gasteiger partial charge >= 0.3 is 6.09 Å². The van der Waals surface area contributed by atoms with Gasteiger partial charge in [0.15, 0.2) is 5.13 Å². The monoisotopic (exact) mass is 407 g/mol. The molecule has 3 aromatic rings. The molecular formula is C22H21N3O3S. The Labute approximate surface area is 173 Å². The molecule has 1 aromatic heterocycles. The van der Waals surface area contributed by atoms with E-state index in [1.54, 1.807) is 11.1 Å². The van der Waals surface area contributed by atoms with E-state index in [2.05, 4.69) is 4.98 Å². The smallest absolute Gasteiger partial charge is 0.410 e. The van der Waals surface area contributed by atoms with Crippen LogP contribution >= 0.6 is 11.3 Å². The molecule has 29 heavy (non-hydrogen) atoms. The molecule has 1 aliphatic heterocycles. The van der Waals surface area contributed by atoms with E-state index in [4.69, 9.17) is 4.74 Å². The van der Waals surface area contributed by atoms with Crippen LogP contribution in [-0.2, 0) is 16.1 Å². The van der Waals surface area contributed by atoms with E-state index in [9.17, 15) is 9.59 Å². The van der Waals surface area contributed by atoms with Crippen LogP contribution in [0.3, 0.4) is 0 Å². The molecule has 0 saturated carbocycles. The molecule has 1 fully saturated rings. The Kier molecular flexibility index (Phi) is 5.86. The number of hydrogen-bond acceptors (Lipinski definition) is 5. The number of nitrogens with zero attached hydrogens (tertiary/aromatic N) is 3. The predicted octanol–water partition coefficient (Wildman–Crippen LogP) is 4.61. The fourth-order valence-corrected chi connectivity index (χ4v) is 4.09. The summed E-state index contributed by atoms with van der Waals surface area (Å²) in [6, 6.07) is 18.3. The number of thiazole rings is 1. The second-order valence-electron chi connectivity index (χ2n) is 6.72. The quantitative estimate of drug-likeness (QED) is 0.620. The largest absolute Gasteiger partial charge is 0.445 e. The summed E-state index contributed by atoms with van der Waals surface area (Å²) < 4.78 is 5.47. The zero-order valence-electron chi connectivity index (χ0n) is 15.8. The molecule has 1 atom stereocenters. The molecule has 7 heteroatoms.